The molecule has 0 unspecified atom stereocenters. The largest absolute Gasteiger partial charge is 0.326 e. The van der Waals surface area contributed by atoms with Gasteiger partial charge in [-0.15, -0.1) is 0 Å². The quantitative estimate of drug-likeness (QED) is 0.185. The second kappa shape index (κ2) is 12.0. The third kappa shape index (κ3) is 5.11. The van der Waals surface area contributed by atoms with Crippen LogP contribution in [-0.2, 0) is 14.4 Å². The lowest BCUT2D eigenvalue weighted by Crippen LogP contribution is -2.41. The minimum atomic E-state index is -0.415. The normalized spacial score (nSPS) is 21.9. The topological polar surface area (TPSA) is 66.5 Å². The molecule has 3 aromatic carbocycles. The molecule has 2 bridgehead atoms. The van der Waals surface area contributed by atoms with Crippen LogP contribution in [0.5, 0.6) is 0 Å². The molecule has 0 saturated carbocycles. The molecule has 1 N–H and O–H groups in total. The van der Waals surface area contributed by atoms with Gasteiger partial charge in [0.25, 0.3) is 0 Å². The molecule has 41 heavy (non-hydrogen) atoms. The number of carbonyl (C=O) groups excluding carboxylic acids is 3. The summed E-state index contributed by atoms with van der Waals surface area (Å²) in [7, 11) is 0. The molecule has 0 spiro atoms. The predicted octanol–water partition coefficient (Wildman–Crippen LogP) is 7.94. The Balaban J connectivity index is 1.12. The number of unbranched alkanes of at least 4 members (excludes halogenated alkanes) is 8. The Labute approximate surface area is 243 Å². The zero-order chi connectivity index (χ0) is 28.3. The van der Waals surface area contributed by atoms with Gasteiger partial charge >= 0.3 is 0 Å². The Kier molecular flexibility index (Phi) is 8.04. The molecule has 3 aromatic rings. The van der Waals surface area contributed by atoms with Gasteiger partial charge in [0, 0.05) is 23.9 Å². The van der Waals surface area contributed by atoms with Crippen LogP contribution >= 0.6 is 0 Å². The van der Waals surface area contributed by atoms with E-state index in [0.717, 1.165) is 35.1 Å². The average molecular weight is 549 g/mol. The highest BCUT2D eigenvalue weighted by Crippen LogP contribution is 2.61. The summed E-state index contributed by atoms with van der Waals surface area (Å²) in [4.78, 5) is 42.1. The van der Waals surface area contributed by atoms with Crippen LogP contribution in [0.1, 0.15) is 105 Å². The van der Waals surface area contributed by atoms with Crippen molar-refractivity contribution in [3.05, 3.63) is 95.1 Å². The Morgan fingerprint density at radius 2 is 1.15 bits per heavy atom. The number of nitrogens with one attached hydrogen (secondary N) is 1. The number of hydrogen-bond acceptors (Lipinski definition) is 3. The summed E-state index contributed by atoms with van der Waals surface area (Å²) in [5.41, 5.74) is 5.81. The lowest BCUT2D eigenvalue weighted by atomic mass is 9.55. The van der Waals surface area contributed by atoms with E-state index in [1.165, 1.54) is 49.8 Å². The van der Waals surface area contributed by atoms with Crippen molar-refractivity contribution >= 4 is 29.1 Å². The fourth-order valence-corrected chi connectivity index (χ4v) is 7.47. The van der Waals surface area contributed by atoms with Crippen LogP contribution in [-0.4, -0.2) is 17.7 Å². The van der Waals surface area contributed by atoms with Crippen molar-refractivity contribution in [2.24, 2.45) is 11.8 Å². The van der Waals surface area contributed by atoms with Crippen molar-refractivity contribution in [3.63, 3.8) is 0 Å². The van der Waals surface area contributed by atoms with Crippen molar-refractivity contribution < 1.29 is 14.4 Å². The van der Waals surface area contributed by atoms with Gasteiger partial charge in [-0.2, -0.15) is 0 Å². The Morgan fingerprint density at radius 3 is 1.66 bits per heavy atom. The van der Waals surface area contributed by atoms with Crippen molar-refractivity contribution in [2.45, 2.75) is 83.0 Å². The van der Waals surface area contributed by atoms with Crippen LogP contribution in [0, 0.1) is 11.8 Å². The molecule has 5 heteroatoms. The van der Waals surface area contributed by atoms with Crippen LogP contribution in [0.25, 0.3) is 0 Å². The first-order valence-corrected chi connectivity index (χ1v) is 15.6. The minimum absolute atomic E-state index is 0.0261. The molecule has 1 heterocycles. The SMILES string of the molecule is CCCCCCCCCCCC(=O)Nc1cccc(N2C(=O)[C@@H]3C4c5ccccc5C(c5ccccc54)[C@@H]3C2=O)c1. The van der Waals surface area contributed by atoms with E-state index >= 15 is 0 Å². The third-order valence-corrected chi connectivity index (χ3v) is 9.34. The zero-order valence-electron chi connectivity index (χ0n) is 24.0. The number of rotatable bonds is 12. The highest BCUT2D eigenvalue weighted by atomic mass is 16.2. The van der Waals surface area contributed by atoms with Crippen molar-refractivity contribution in [2.75, 3.05) is 10.2 Å². The predicted molar refractivity (Wildman–Crippen MR) is 163 cm³/mol. The van der Waals surface area contributed by atoms with E-state index in [9.17, 15) is 14.4 Å². The third-order valence-electron chi connectivity index (χ3n) is 9.34. The van der Waals surface area contributed by atoms with Gasteiger partial charge in [0.1, 0.15) is 0 Å². The summed E-state index contributed by atoms with van der Waals surface area (Å²) >= 11 is 0. The highest BCUT2D eigenvalue weighted by molar-refractivity contribution is 6.23. The van der Waals surface area contributed by atoms with E-state index in [1.54, 1.807) is 12.1 Å². The number of anilines is 2. The van der Waals surface area contributed by atoms with E-state index in [4.69, 9.17) is 0 Å². The molecular weight excluding hydrogens is 508 g/mol. The van der Waals surface area contributed by atoms with E-state index in [0.29, 0.717) is 17.8 Å². The minimum Gasteiger partial charge on any atom is -0.326 e. The summed E-state index contributed by atoms with van der Waals surface area (Å²) in [5, 5.41) is 2.99. The zero-order valence-corrected chi connectivity index (χ0v) is 24.0. The summed E-state index contributed by atoms with van der Waals surface area (Å²) < 4.78 is 0. The molecule has 4 aliphatic rings. The number of imide groups is 1. The van der Waals surface area contributed by atoms with Crippen LogP contribution < -0.4 is 10.2 Å². The van der Waals surface area contributed by atoms with Gasteiger partial charge < -0.3 is 5.32 Å². The van der Waals surface area contributed by atoms with E-state index in [2.05, 4.69) is 36.5 Å². The molecule has 5 nitrogen and oxygen atoms in total. The first-order chi connectivity index (χ1) is 20.1. The molecule has 1 fully saturated rings. The van der Waals surface area contributed by atoms with Crippen LogP contribution in [0.15, 0.2) is 72.8 Å². The van der Waals surface area contributed by atoms with Gasteiger partial charge in [0.15, 0.2) is 0 Å². The smallest absolute Gasteiger partial charge is 0.238 e. The van der Waals surface area contributed by atoms with E-state index in [-0.39, 0.29) is 29.6 Å². The Morgan fingerprint density at radius 1 is 0.659 bits per heavy atom. The van der Waals surface area contributed by atoms with E-state index < -0.39 is 11.8 Å². The van der Waals surface area contributed by atoms with Crippen molar-refractivity contribution in [1.29, 1.82) is 0 Å². The van der Waals surface area contributed by atoms with Crippen LogP contribution in [0.3, 0.4) is 0 Å². The second-order valence-corrected chi connectivity index (χ2v) is 12.0. The first kappa shape index (κ1) is 27.4. The van der Waals surface area contributed by atoms with Gasteiger partial charge in [-0.1, -0.05) is 113 Å². The molecule has 212 valence electrons. The first-order valence-electron chi connectivity index (χ1n) is 15.6. The number of hydrogen-bond donors (Lipinski definition) is 1. The van der Waals surface area contributed by atoms with Crippen LogP contribution in [0.4, 0.5) is 11.4 Å². The molecule has 1 aliphatic heterocycles. The monoisotopic (exact) mass is 548 g/mol. The number of carbonyl (C=O) groups is 3. The van der Waals surface area contributed by atoms with Gasteiger partial charge in [0.05, 0.1) is 17.5 Å². The van der Waals surface area contributed by atoms with Crippen molar-refractivity contribution in [1.82, 2.24) is 0 Å². The van der Waals surface area contributed by atoms with Gasteiger partial charge in [-0.05, 0) is 46.9 Å². The standard InChI is InChI=1S/C36H40N2O3/c1-2-3-4-5-6-7-8-9-10-22-30(39)37-24-16-15-17-25(23-24)38-35(40)33-31-26-18-11-12-19-27(26)32(34(33)36(38)41)29-21-14-13-20-28(29)31/h11-21,23,31-34H,2-10,22H2,1H3,(H,37,39)/t31?,32?,33-,34+. The summed E-state index contributed by atoms with van der Waals surface area (Å²) in [6.45, 7) is 2.24. The lowest BCUT2D eigenvalue weighted by molar-refractivity contribution is -0.122. The highest BCUT2D eigenvalue weighted by Gasteiger charge is 2.61. The fourth-order valence-electron chi connectivity index (χ4n) is 7.47. The average Bonchev–Trinajstić information content (AvgIpc) is 3.26. The molecule has 3 amide bonds. The molecule has 0 aromatic heterocycles. The number of amides is 3. The lowest BCUT2D eigenvalue weighted by Gasteiger charge is -2.45. The summed E-state index contributed by atoms with van der Waals surface area (Å²) in [5.74, 6) is -1.39. The second-order valence-electron chi connectivity index (χ2n) is 12.0. The Bertz CT molecular complexity index is 1330. The van der Waals surface area contributed by atoms with Crippen molar-refractivity contribution in [3.8, 4) is 0 Å². The van der Waals surface area contributed by atoms with Gasteiger partial charge in [-0.25, -0.2) is 4.90 Å². The maximum atomic E-state index is 14.0. The molecule has 1 saturated heterocycles. The van der Waals surface area contributed by atoms with Crippen LogP contribution in [0.2, 0.25) is 0 Å². The Hall–Kier alpha value is -3.73. The number of nitrogens with zero attached hydrogens (tertiary/aromatic N) is 1. The molecular formula is C36H40N2O3. The van der Waals surface area contributed by atoms with Gasteiger partial charge in [0.2, 0.25) is 17.7 Å². The molecule has 3 aliphatic carbocycles. The summed E-state index contributed by atoms with van der Waals surface area (Å²) in [6.07, 6.45) is 11.4. The summed E-state index contributed by atoms with van der Waals surface area (Å²) in [6, 6.07) is 23.8. The molecule has 2 atom stereocenters. The number of benzene rings is 3. The maximum absolute atomic E-state index is 14.0. The maximum Gasteiger partial charge on any atom is 0.238 e. The molecule has 7 rings (SSSR count). The molecule has 0 radical (unpaired) electrons. The fraction of sp³-hybridized carbons (Fsp3) is 0.417. The van der Waals surface area contributed by atoms with Gasteiger partial charge in [-0.3, -0.25) is 14.4 Å². The van der Waals surface area contributed by atoms with E-state index in [1.807, 2.05) is 36.4 Å².